The van der Waals surface area contributed by atoms with Crippen molar-refractivity contribution in [2.45, 2.75) is 32.7 Å². The summed E-state index contributed by atoms with van der Waals surface area (Å²) in [4.78, 5) is 6.20. The van der Waals surface area contributed by atoms with Crippen LogP contribution in [-0.2, 0) is 6.42 Å². The summed E-state index contributed by atoms with van der Waals surface area (Å²) in [5.41, 5.74) is 2.44. The SMILES string of the molecule is CNC1CC(C)(C)Cc2nc(-c3ccc(Cl)cc3Cl)sc21. The molecule has 2 nitrogen and oxygen atoms in total. The van der Waals surface area contributed by atoms with Crippen LogP contribution < -0.4 is 5.32 Å². The quantitative estimate of drug-likeness (QED) is 0.796. The zero-order valence-electron chi connectivity index (χ0n) is 12.3. The van der Waals surface area contributed by atoms with Crippen LogP contribution in [0.2, 0.25) is 10.0 Å². The average Bonchev–Trinajstić information content (AvgIpc) is 2.79. The van der Waals surface area contributed by atoms with E-state index in [0.717, 1.165) is 23.4 Å². The maximum Gasteiger partial charge on any atom is 0.125 e. The molecule has 1 atom stereocenters. The summed E-state index contributed by atoms with van der Waals surface area (Å²) in [6, 6.07) is 5.97. The van der Waals surface area contributed by atoms with Crippen molar-refractivity contribution in [3.05, 3.63) is 38.8 Å². The molecule has 0 spiro atoms. The van der Waals surface area contributed by atoms with Gasteiger partial charge >= 0.3 is 0 Å². The van der Waals surface area contributed by atoms with Gasteiger partial charge in [0.05, 0.1) is 10.7 Å². The minimum Gasteiger partial charge on any atom is -0.312 e. The number of benzene rings is 1. The molecule has 0 amide bonds. The lowest BCUT2D eigenvalue weighted by molar-refractivity contribution is 0.265. The van der Waals surface area contributed by atoms with Crippen molar-refractivity contribution < 1.29 is 0 Å². The van der Waals surface area contributed by atoms with E-state index < -0.39 is 0 Å². The monoisotopic (exact) mass is 340 g/mol. The topological polar surface area (TPSA) is 24.9 Å². The third-order valence-electron chi connectivity index (χ3n) is 3.96. The summed E-state index contributed by atoms with van der Waals surface area (Å²) < 4.78 is 0. The van der Waals surface area contributed by atoms with Crippen LogP contribution >= 0.6 is 34.5 Å². The van der Waals surface area contributed by atoms with Crippen LogP contribution in [0.25, 0.3) is 10.6 Å². The molecule has 5 heteroatoms. The minimum atomic E-state index is 0.274. The standard InChI is InChI=1S/C16H18Cl2N2S/c1-16(2)7-12(19-3)14-13(8-16)20-15(21-14)10-5-4-9(17)6-11(10)18/h4-6,12,19H,7-8H2,1-3H3. The van der Waals surface area contributed by atoms with E-state index in [1.165, 1.54) is 10.6 Å². The molecule has 1 aliphatic carbocycles. The van der Waals surface area contributed by atoms with Crippen LogP contribution in [-0.4, -0.2) is 12.0 Å². The van der Waals surface area contributed by atoms with Gasteiger partial charge < -0.3 is 5.32 Å². The lowest BCUT2D eigenvalue weighted by Gasteiger charge is -2.34. The number of hydrogen-bond donors (Lipinski definition) is 1. The number of rotatable bonds is 2. The van der Waals surface area contributed by atoms with Crippen LogP contribution in [0.1, 0.15) is 36.9 Å². The first-order valence-electron chi connectivity index (χ1n) is 7.02. The fourth-order valence-electron chi connectivity index (χ4n) is 2.94. The Hall–Kier alpha value is -0.610. The molecule has 0 saturated heterocycles. The van der Waals surface area contributed by atoms with Crippen LogP contribution in [0.5, 0.6) is 0 Å². The maximum absolute atomic E-state index is 6.32. The van der Waals surface area contributed by atoms with Gasteiger partial charge in [0.25, 0.3) is 0 Å². The maximum atomic E-state index is 6.32. The number of halogens is 2. The highest BCUT2D eigenvalue weighted by Gasteiger charge is 2.34. The van der Waals surface area contributed by atoms with Crippen molar-refractivity contribution >= 4 is 34.5 Å². The fourth-order valence-corrected chi connectivity index (χ4v) is 4.73. The Morgan fingerprint density at radius 1 is 1.33 bits per heavy atom. The molecular weight excluding hydrogens is 323 g/mol. The average molecular weight is 341 g/mol. The summed E-state index contributed by atoms with van der Waals surface area (Å²) in [6.07, 6.45) is 2.15. The van der Waals surface area contributed by atoms with Gasteiger partial charge in [0, 0.05) is 21.5 Å². The van der Waals surface area contributed by atoms with Crippen molar-refractivity contribution in [3.63, 3.8) is 0 Å². The molecule has 0 bridgehead atoms. The van der Waals surface area contributed by atoms with Crippen LogP contribution in [0.3, 0.4) is 0 Å². The molecule has 2 aromatic rings. The molecule has 1 aromatic carbocycles. The summed E-state index contributed by atoms with van der Waals surface area (Å²) in [5.74, 6) is 0. The van der Waals surface area contributed by atoms with Crippen molar-refractivity contribution in [2.75, 3.05) is 7.05 Å². The van der Waals surface area contributed by atoms with Crippen LogP contribution in [0.15, 0.2) is 18.2 Å². The predicted octanol–water partition coefficient (Wildman–Crippen LogP) is 5.35. The van der Waals surface area contributed by atoms with Gasteiger partial charge in [-0.1, -0.05) is 37.0 Å². The predicted molar refractivity (Wildman–Crippen MR) is 91.5 cm³/mol. The molecule has 3 rings (SSSR count). The van der Waals surface area contributed by atoms with E-state index in [-0.39, 0.29) is 5.41 Å². The largest absolute Gasteiger partial charge is 0.312 e. The zero-order chi connectivity index (χ0) is 15.2. The van der Waals surface area contributed by atoms with Crippen molar-refractivity contribution in [1.29, 1.82) is 0 Å². The van der Waals surface area contributed by atoms with E-state index in [9.17, 15) is 0 Å². The van der Waals surface area contributed by atoms with Crippen molar-refractivity contribution in [2.24, 2.45) is 5.41 Å². The number of aromatic nitrogens is 1. The van der Waals surface area contributed by atoms with Gasteiger partial charge in [0.1, 0.15) is 5.01 Å². The zero-order valence-corrected chi connectivity index (χ0v) is 14.7. The van der Waals surface area contributed by atoms with E-state index in [2.05, 4.69) is 19.2 Å². The van der Waals surface area contributed by atoms with Gasteiger partial charge in [-0.15, -0.1) is 11.3 Å². The van der Waals surface area contributed by atoms with Crippen LogP contribution in [0.4, 0.5) is 0 Å². The first-order chi connectivity index (χ1) is 9.89. The highest BCUT2D eigenvalue weighted by Crippen LogP contribution is 2.45. The van der Waals surface area contributed by atoms with Crippen LogP contribution in [0, 0.1) is 5.41 Å². The Labute approximate surface area is 139 Å². The van der Waals surface area contributed by atoms with Gasteiger partial charge in [0.2, 0.25) is 0 Å². The van der Waals surface area contributed by atoms with E-state index in [1.807, 2.05) is 19.2 Å². The van der Waals surface area contributed by atoms with Gasteiger partial charge in [0.15, 0.2) is 0 Å². The number of nitrogens with one attached hydrogen (secondary N) is 1. The normalized spacial score (nSPS) is 20.3. The molecular formula is C16H18Cl2N2S. The number of fused-ring (bicyclic) bond motifs is 1. The molecule has 112 valence electrons. The molecule has 0 saturated carbocycles. The van der Waals surface area contributed by atoms with Gasteiger partial charge in [-0.3, -0.25) is 0 Å². The summed E-state index contributed by atoms with van der Waals surface area (Å²) in [6.45, 7) is 4.60. The summed E-state index contributed by atoms with van der Waals surface area (Å²) >= 11 is 14.0. The molecule has 0 fully saturated rings. The number of hydrogen-bond acceptors (Lipinski definition) is 3. The molecule has 1 heterocycles. The van der Waals surface area contributed by atoms with E-state index >= 15 is 0 Å². The first-order valence-corrected chi connectivity index (χ1v) is 8.59. The molecule has 1 N–H and O–H groups in total. The second-order valence-electron chi connectivity index (χ2n) is 6.34. The Morgan fingerprint density at radius 2 is 2.10 bits per heavy atom. The fraction of sp³-hybridized carbons (Fsp3) is 0.438. The van der Waals surface area contributed by atoms with Crippen molar-refractivity contribution in [3.8, 4) is 10.6 Å². The molecule has 0 aliphatic heterocycles. The molecule has 0 radical (unpaired) electrons. The Morgan fingerprint density at radius 3 is 2.76 bits per heavy atom. The van der Waals surface area contributed by atoms with Gasteiger partial charge in [-0.2, -0.15) is 0 Å². The number of thiazole rings is 1. The Bertz CT molecular complexity index is 679. The van der Waals surface area contributed by atoms with E-state index in [4.69, 9.17) is 28.2 Å². The Balaban J connectivity index is 2.06. The van der Waals surface area contributed by atoms with Crippen molar-refractivity contribution in [1.82, 2.24) is 10.3 Å². The lowest BCUT2D eigenvalue weighted by atomic mass is 9.76. The van der Waals surface area contributed by atoms with Gasteiger partial charge in [-0.05, 0) is 43.5 Å². The molecule has 1 aliphatic rings. The second-order valence-corrected chi connectivity index (χ2v) is 8.21. The first kappa shape index (κ1) is 15.3. The highest BCUT2D eigenvalue weighted by molar-refractivity contribution is 7.15. The number of nitrogens with zero attached hydrogens (tertiary/aromatic N) is 1. The minimum absolute atomic E-state index is 0.274. The highest BCUT2D eigenvalue weighted by atomic mass is 35.5. The summed E-state index contributed by atoms with van der Waals surface area (Å²) in [5, 5.41) is 5.72. The Kier molecular flexibility index (Phi) is 4.04. The lowest BCUT2D eigenvalue weighted by Crippen LogP contribution is -2.30. The third kappa shape index (κ3) is 2.98. The second kappa shape index (κ2) is 5.54. The molecule has 1 aromatic heterocycles. The van der Waals surface area contributed by atoms with E-state index in [0.29, 0.717) is 16.1 Å². The smallest absolute Gasteiger partial charge is 0.125 e. The van der Waals surface area contributed by atoms with E-state index in [1.54, 1.807) is 17.4 Å². The summed E-state index contributed by atoms with van der Waals surface area (Å²) in [7, 11) is 2.02. The third-order valence-corrected chi connectivity index (χ3v) is 5.75. The molecule has 21 heavy (non-hydrogen) atoms. The van der Waals surface area contributed by atoms with Gasteiger partial charge in [-0.25, -0.2) is 4.98 Å². The molecule has 1 unspecified atom stereocenters.